The molecule has 2 aliphatic heterocycles. The average Bonchev–Trinajstić information content (AvgIpc) is 2.65. The summed E-state index contributed by atoms with van der Waals surface area (Å²) in [6.07, 6.45) is 7.14. The van der Waals surface area contributed by atoms with Gasteiger partial charge >= 0.3 is 0 Å². The van der Waals surface area contributed by atoms with Crippen LogP contribution in [0.5, 0.6) is 0 Å². The van der Waals surface area contributed by atoms with Crippen LogP contribution in [0.2, 0.25) is 0 Å². The topological polar surface area (TPSA) is 3.24 Å². The maximum Gasteiger partial charge on any atom is 0.0309 e. The average molecular weight is 251 g/mol. The molecule has 0 N–H and O–H groups in total. The van der Waals surface area contributed by atoms with E-state index in [-0.39, 0.29) is 5.41 Å². The van der Waals surface area contributed by atoms with Crippen molar-refractivity contribution in [3.05, 3.63) is 58.7 Å². The zero-order chi connectivity index (χ0) is 13.2. The lowest BCUT2D eigenvalue weighted by Crippen LogP contribution is -2.47. The second-order valence-corrected chi connectivity index (χ2v) is 6.57. The van der Waals surface area contributed by atoms with Gasteiger partial charge in [-0.05, 0) is 48.9 Å². The Morgan fingerprint density at radius 3 is 2.89 bits per heavy atom. The zero-order valence-corrected chi connectivity index (χ0v) is 11.9. The summed E-state index contributed by atoms with van der Waals surface area (Å²) in [6, 6.07) is 5.52. The Kier molecular flexibility index (Phi) is 2.18. The van der Waals surface area contributed by atoms with Crippen molar-refractivity contribution >= 4 is 0 Å². The Labute approximate surface area is 115 Å². The van der Waals surface area contributed by atoms with Crippen LogP contribution in [0.3, 0.4) is 0 Å². The molecule has 0 amide bonds. The highest BCUT2D eigenvalue weighted by atomic mass is 15.2. The van der Waals surface area contributed by atoms with E-state index in [9.17, 15) is 0 Å². The third-order valence-electron chi connectivity index (χ3n) is 5.51. The predicted molar refractivity (Wildman–Crippen MR) is 79.3 cm³/mol. The lowest BCUT2D eigenvalue weighted by Gasteiger charge is -2.45. The maximum absolute atomic E-state index is 4.17. The molecule has 1 aromatic carbocycles. The van der Waals surface area contributed by atoms with E-state index < -0.39 is 0 Å². The van der Waals surface area contributed by atoms with Crippen molar-refractivity contribution in [2.45, 2.75) is 44.7 Å². The van der Waals surface area contributed by atoms with E-state index >= 15 is 0 Å². The van der Waals surface area contributed by atoms with Crippen LogP contribution in [-0.4, -0.2) is 17.5 Å². The first-order valence-corrected chi connectivity index (χ1v) is 7.32. The molecule has 0 saturated carbocycles. The van der Waals surface area contributed by atoms with E-state index in [1.54, 1.807) is 11.1 Å². The van der Waals surface area contributed by atoms with Crippen molar-refractivity contribution in [1.29, 1.82) is 0 Å². The minimum Gasteiger partial charge on any atom is -0.295 e. The summed E-state index contributed by atoms with van der Waals surface area (Å²) < 4.78 is 0. The smallest absolute Gasteiger partial charge is 0.0309 e. The molecule has 0 spiro atoms. The molecule has 3 atom stereocenters. The monoisotopic (exact) mass is 251 g/mol. The van der Waals surface area contributed by atoms with Crippen molar-refractivity contribution in [2.75, 3.05) is 6.54 Å². The summed E-state index contributed by atoms with van der Waals surface area (Å²) >= 11 is 0. The van der Waals surface area contributed by atoms with E-state index in [0.717, 1.165) is 13.0 Å². The predicted octanol–water partition coefficient (Wildman–Crippen LogP) is 3.65. The molecule has 2 heterocycles. The summed E-state index contributed by atoms with van der Waals surface area (Å²) in [6.45, 7) is 11.0. The Balaban J connectivity index is 1.97. The largest absolute Gasteiger partial charge is 0.295 e. The Bertz CT molecular complexity index is 610. The molecule has 4 rings (SSSR count). The van der Waals surface area contributed by atoms with Gasteiger partial charge in [-0.3, -0.25) is 4.90 Å². The molecule has 1 fully saturated rings. The standard InChI is InChI=1S/C18H21N/c1-12-4-5-18-6-7-19(17(18)8-12)11-15-9-13(2)14(3)10-16(15)18/h4-5,9-10,17H,1,6-8,11H2,2-3H3/t17-,18-/m0/s1. The zero-order valence-electron chi connectivity index (χ0n) is 11.9. The van der Waals surface area contributed by atoms with Gasteiger partial charge in [0.2, 0.25) is 0 Å². The molecule has 19 heavy (non-hydrogen) atoms. The SMILES string of the molecule is C=C1C=C[C@]23CCN(Cc4cc(C)c(C)cc42)[C@H]3C1. The highest BCUT2D eigenvalue weighted by Gasteiger charge is 2.51. The van der Waals surface area contributed by atoms with Crippen molar-refractivity contribution < 1.29 is 0 Å². The third kappa shape index (κ3) is 1.40. The third-order valence-corrected chi connectivity index (χ3v) is 5.51. The Hall–Kier alpha value is -1.34. The fraction of sp³-hybridized carbons (Fsp3) is 0.444. The van der Waals surface area contributed by atoms with Gasteiger partial charge in [-0.1, -0.05) is 36.4 Å². The van der Waals surface area contributed by atoms with Crippen LogP contribution in [0, 0.1) is 13.8 Å². The van der Waals surface area contributed by atoms with Gasteiger partial charge in [0.25, 0.3) is 0 Å². The molecule has 2 bridgehead atoms. The summed E-state index contributed by atoms with van der Waals surface area (Å²) in [4.78, 5) is 2.67. The van der Waals surface area contributed by atoms with Crippen LogP contribution in [0.15, 0.2) is 36.4 Å². The molecular formula is C18H21N. The van der Waals surface area contributed by atoms with Crippen LogP contribution in [-0.2, 0) is 12.0 Å². The number of benzene rings is 1. The fourth-order valence-electron chi connectivity index (χ4n) is 4.32. The van der Waals surface area contributed by atoms with Crippen molar-refractivity contribution in [1.82, 2.24) is 4.90 Å². The Morgan fingerprint density at radius 2 is 2.05 bits per heavy atom. The molecule has 3 aliphatic rings. The highest BCUT2D eigenvalue weighted by molar-refractivity contribution is 5.51. The van der Waals surface area contributed by atoms with Gasteiger partial charge in [0.05, 0.1) is 0 Å². The molecule has 1 saturated heterocycles. The van der Waals surface area contributed by atoms with Crippen LogP contribution in [0.25, 0.3) is 0 Å². The van der Waals surface area contributed by atoms with Gasteiger partial charge in [-0.15, -0.1) is 0 Å². The first-order valence-electron chi connectivity index (χ1n) is 7.32. The molecule has 1 nitrogen and oxygen atoms in total. The van der Waals surface area contributed by atoms with Gasteiger partial charge in [0.15, 0.2) is 0 Å². The van der Waals surface area contributed by atoms with Crippen molar-refractivity contribution in [2.24, 2.45) is 0 Å². The van der Waals surface area contributed by atoms with Crippen LogP contribution in [0.4, 0.5) is 0 Å². The Morgan fingerprint density at radius 1 is 1.26 bits per heavy atom. The number of allylic oxidation sites excluding steroid dienone is 1. The fourth-order valence-corrected chi connectivity index (χ4v) is 4.32. The van der Waals surface area contributed by atoms with Crippen LogP contribution < -0.4 is 0 Å². The molecular weight excluding hydrogens is 230 g/mol. The molecule has 98 valence electrons. The van der Waals surface area contributed by atoms with E-state index in [1.165, 1.54) is 29.7 Å². The van der Waals surface area contributed by atoms with E-state index in [2.05, 4.69) is 49.6 Å². The number of nitrogens with zero attached hydrogens (tertiary/aromatic N) is 1. The second-order valence-electron chi connectivity index (χ2n) is 6.57. The second kappa shape index (κ2) is 3.61. The molecule has 1 unspecified atom stereocenters. The lowest BCUT2D eigenvalue weighted by atomic mass is 9.66. The number of hydrogen-bond acceptors (Lipinski definition) is 1. The minimum atomic E-state index is 0.271. The molecule has 1 heteroatoms. The lowest BCUT2D eigenvalue weighted by molar-refractivity contribution is 0.193. The molecule has 1 aromatic rings. The maximum atomic E-state index is 4.17. The van der Waals surface area contributed by atoms with Crippen molar-refractivity contribution in [3.8, 4) is 0 Å². The van der Waals surface area contributed by atoms with Crippen LogP contribution in [0.1, 0.15) is 35.1 Å². The van der Waals surface area contributed by atoms with E-state index in [4.69, 9.17) is 0 Å². The number of hydrogen-bond donors (Lipinski definition) is 0. The van der Waals surface area contributed by atoms with Gasteiger partial charge in [-0.2, -0.15) is 0 Å². The summed E-state index contributed by atoms with van der Waals surface area (Å²) in [5.74, 6) is 0. The van der Waals surface area contributed by atoms with Gasteiger partial charge < -0.3 is 0 Å². The number of fused-ring (bicyclic) bond motifs is 1. The number of rotatable bonds is 0. The van der Waals surface area contributed by atoms with E-state index in [1.807, 2.05) is 0 Å². The van der Waals surface area contributed by atoms with Gasteiger partial charge in [0, 0.05) is 24.5 Å². The summed E-state index contributed by atoms with van der Waals surface area (Å²) in [7, 11) is 0. The molecule has 0 radical (unpaired) electrons. The van der Waals surface area contributed by atoms with Crippen molar-refractivity contribution in [3.63, 3.8) is 0 Å². The minimum absolute atomic E-state index is 0.271. The number of aryl methyl sites for hydroxylation is 2. The summed E-state index contributed by atoms with van der Waals surface area (Å²) in [5.41, 5.74) is 7.57. The normalized spacial score (nSPS) is 35.2. The van der Waals surface area contributed by atoms with Gasteiger partial charge in [0.1, 0.15) is 0 Å². The summed E-state index contributed by atoms with van der Waals surface area (Å²) in [5, 5.41) is 0. The van der Waals surface area contributed by atoms with Crippen LogP contribution >= 0.6 is 0 Å². The van der Waals surface area contributed by atoms with E-state index in [0.29, 0.717) is 6.04 Å². The first kappa shape index (κ1) is 11.5. The highest BCUT2D eigenvalue weighted by Crippen LogP contribution is 2.51. The first-order chi connectivity index (χ1) is 9.10. The molecule has 0 aromatic heterocycles. The van der Waals surface area contributed by atoms with Gasteiger partial charge in [-0.25, -0.2) is 0 Å². The molecule has 1 aliphatic carbocycles. The quantitative estimate of drug-likeness (QED) is 0.680.